The van der Waals surface area contributed by atoms with Gasteiger partial charge < -0.3 is 10.6 Å². The van der Waals surface area contributed by atoms with Crippen LogP contribution in [0.5, 0.6) is 0 Å². The van der Waals surface area contributed by atoms with E-state index in [1.54, 1.807) is 0 Å². The first-order valence-corrected chi connectivity index (χ1v) is 7.08. The van der Waals surface area contributed by atoms with Crippen LogP contribution in [0.25, 0.3) is 0 Å². The molecule has 0 aromatic carbocycles. The van der Waals surface area contributed by atoms with E-state index in [1.807, 2.05) is 0 Å². The lowest BCUT2D eigenvalue weighted by Crippen LogP contribution is -2.40. The maximum Gasteiger partial charge on any atom is 0.223 e. The Morgan fingerprint density at radius 3 is 2.59 bits per heavy atom. The van der Waals surface area contributed by atoms with Gasteiger partial charge in [-0.15, -0.1) is 0 Å². The van der Waals surface area contributed by atoms with Crippen molar-refractivity contribution in [2.75, 3.05) is 19.6 Å². The van der Waals surface area contributed by atoms with Gasteiger partial charge in [0.1, 0.15) is 0 Å². The summed E-state index contributed by atoms with van der Waals surface area (Å²) in [7, 11) is 0. The number of carbonyl (C=O) groups is 1. The fourth-order valence-corrected chi connectivity index (χ4v) is 3.27. The molecule has 0 radical (unpaired) electrons. The van der Waals surface area contributed by atoms with Crippen molar-refractivity contribution in [2.45, 2.75) is 46.0 Å². The fourth-order valence-electron chi connectivity index (χ4n) is 3.27. The van der Waals surface area contributed by atoms with Gasteiger partial charge in [0.25, 0.3) is 0 Å². The molecule has 2 aliphatic rings. The normalized spacial score (nSPS) is 29.2. The summed E-state index contributed by atoms with van der Waals surface area (Å²) in [4.78, 5) is 12.2. The molecule has 1 saturated carbocycles. The van der Waals surface area contributed by atoms with E-state index in [2.05, 4.69) is 24.5 Å². The molecule has 2 N–H and O–H groups in total. The Balaban J connectivity index is 1.77. The van der Waals surface area contributed by atoms with E-state index in [9.17, 15) is 4.79 Å². The highest BCUT2D eigenvalue weighted by Crippen LogP contribution is 2.42. The Morgan fingerprint density at radius 1 is 1.29 bits per heavy atom. The van der Waals surface area contributed by atoms with Gasteiger partial charge in [0.2, 0.25) is 5.91 Å². The van der Waals surface area contributed by atoms with Gasteiger partial charge in [-0.25, -0.2) is 0 Å². The van der Waals surface area contributed by atoms with Gasteiger partial charge in [-0.1, -0.05) is 20.3 Å². The molecule has 2 fully saturated rings. The van der Waals surface area contributed by atoms with Crippen LogP contribution in [0, 0.1) is 17.3 Å². The predicted octanol–water partition coefficient (Wildman–Crippen LogP) is 1.93. The van der Waals surface area contributed by atoms with Crippen LogP contribution in [-0.2, 0) is 4.79 Å². The van der Waals surface area contributed by atoms with Crippen molar-refractivity contribution < 1.29 is 4.79 Å². The number of hydrogen-bond donors (Lipinski definition) is 2. The second kappa shape index (κ2) is 5.38. The number of hydrogen-bond acceptors (Lipinski definition) is 2. The summed E-state index contributed by atoms with van der Waals surface area (Å²) < 4.78 is 0. The van der Waals surface area contributed by atoms with Gasteiger partial charge in [0.15, 0.2) is 0 Å². The average molecular weight is 238 g/mol. The van der Waals surface area contributed by atoms with Crippen molar-refractivity contribution in [1.29, 1.82) is 0 Å². The first kappa shape index (κ1) is 12.9. The van der Waals surface area contributed by atoms with E-state index in [1.165, 1.54) is 25.7 Å². The molecule has 1 aliphatic carbocycles. The second-order valence-corrected chi connectivity index (χ2v) is 6.37. The number of piperidine rings is 1. The van der Waals surface area contributed by atoms with Crippen molar-refractivity contribution in [3.05, 3.63) is 0 Å². The zero-order valence-electron chi connectivity index (χ0n) is 11.2. The van der Waals surface area contributed by atoms with Crippen molar-refractivity contribution in [2.24, 2.45) is 17.3 Å². The monoisotopic (exact) mass is 238 g/mol. The summed E-state index contributed by atoms with van der Waals surface area (Å²) in [5, 5.41) is 6.54. The SMILES string of the molecule is CC1(C)CCCC1C(=O)NCC1CCNCC1. The molecule has 3 nitrogen and oxygen atoms in total. The van der Waals surface area contributed by atoms with Crippen LogP contribution in [0.4, 0.5) is 0 Å². The Morgan fingerprint density at radius 2 is 2.00 bits per heavy atom. The highest BCUT2D eigenvalue weighted by atomic mass is 16.1. The highest BCUT2D eigenvalue weighted by molar-refractivity contribution is 5.79. The van der Waals surface area contributed by atoms with Crippen LogP contribution in [0.3, 0.4) is 0 Å². The molecule has 0 aromatic heterocycles. The molecule has 0 bridgehead atoms. The maximum absolute atomic E-state index is 12.2. The highest BCUT2D eigenvalue weighted by Gasteiger charge is 2.39. The van der Waals surface area contributed by atoms with Crippen molar-refractivity contribution in [3.8, 4) is 0 Å². The zero-order chi connectivity index (χ0) is 12.3. The molecule has 1 amide bonds. The number of nitrogens with one attached hydrogen (secondary N) is 2. The molecule has 1 aliphatic heterocycles. The van der Waals surface area contributed by atoms with Gasteiger partial charge in [0, 0.05) is 12.5 Å². The molecule has 0 spiro atoms. The Kier molecular flexibility index (Phi) is 4.08. The van der Waals surface area contributed by atoms with E-state index in [0.29, 0.717) is 11.8 Å². The van der Waals surface area contributed by atoms with Crippen molar-refractivity contribution >= 4 is 5.91 Å². The van der Waals surface area contributed by atoms with Gasteiger partial charge >= 0.3 is 0 Å². The quantitative estimate of drug-likeness (QED) is 0.789. The van der Waals surface area contributed by atoms with Gasteiger partial charge in [-0.05, 0) is 50.1 Å². The Labute approximate surface area is 105 Å². The van der Waals surface area contributed by atoms with Crippen LogP contribution in [0.15, 0.2) is 0 Å². The van der Waals surface area contributed by atoms with Crippen LogP contribution in [0.1, 0.15) is 46.0 Å². The first-order chi connectivity index (χ1) is 8.09. The molecule has 1 unspecified atom stereocenters. The smallest absolute Gasteiger partial charge is 0.223 e. The van der Waals surface area contributed by atoms with E-state index in [4.69, 9.17) is 0 Å². The predicted molar refractivity (Wildman–Crippen MR) is 69.7 cm³/mol. The lowest BCUT2D eigenvalue weighted by Gasteiger charge is -2.28. The molecule has 3 heteroatoms. The van der Waals surface area contributed by atoms with Crippen molar-refractivity contribution in [3.63, 3.8) is 0 Å². The lowest BCUT2D eigenvalue weighted by atomic mass is 9.81. The number of amides is 1. The van der Waals surface area contributed by atoms with E-state index < -0.39 is 0 Å². The molecule has 0 aromatic rings. The van der Waals surface area contributed by atoms with E-state index >= 15 is 0 Å². The molecule has 1 heterocycles. The first-order valence-electron chi connectivity index (χ1n) is 7.08. The summed E-state index contributed by atoms with van der Waals surface area (Å²) >= 11 is 0. The summed E-state index contributed by atoms with van der Waals surface area (Å²) in [6.45, 7) is 7.56. The molecule has 1 saturated heterocycles. The average Bonchev–Trinajstić information content (AvgIpc) is 2.67. The minimum Gasteiger partial charge on any atom is -0.356 e. The maximum atomic E-state index is 12.2. The van der Waals surface area contributed by atoms with Gasteiger partial charge in [-0.2, -0.15) is 0 Å². The van der Waals surface area contributed by atoms with Gasteiger partial charge in [0.05, 0.1) is 0 Å². The van der Waals surface area contributed by atoms with Gasteiger partial charge in [-0.3, -0.25) is 4.79 Å². The fraction of sp³-hybridized carbons (Fsp3) is 0.929. The second-order valence-electron chi connectivity index (χ2n) is 6.37. The van der Waals surface area contributed by atoms with E-state index in [0.717, 1.165) is 26.1 Å². The third-order valence-corrected chi connectivity index (χ3v) is 4.60. The van der Waals surface area contributed by atoms with Crippen LogP contribution in [-0.4, -0.2) is 25.5 Å². The molecule has 1 atom stereocenters. The van der Waals surface area contributed by atoms with Crippen LogP contribution >= 0.6 is 0 Å². The lowest BCUT2D eigenvalue weighted by molar-refractivity contribution is -0.127. The number of rotatable bonds is 3. The molecular weight excluding hydrogens is 212 g/mol. The molecule has 98 valence electrons. The summed E-state index contributed by atoms with van der Waals surface area (Å²) in [5.41, 5.74) is 0.207. The standard InChI is InChI=1S/C14H26N2O/c1-14(2)7-3-4-12(14)13(17)16-10-11-5-8-15-9-6-11/h11-12,15H,3-10H2,1-2H3,(H,16,17). The minimum atomic E-state index is 0.207. The summed E-state index contributed by atoms with van der Waals surface area (Å²) in [6.07, 6.45) is 5.88. The molecular formula is C14H26N2O. The zero-order valence-corrected chi connectivity index (χ0v) is 11.2. The van der Waals surface area contributed by atoms with Crippen molar-refractivity contribution in [1.82, 2.24) is 10.6 Å². The largest absolute Gasteiger partial charge is 0.356 e. The summed E-state index contributed by atoms with van der Waals surface area (Å²) in [5.74, 6) is 1.22. The van der Waals surface area contributed by atoms with Crippen LogP contribution < -0.4 is 10.6 Å². The summed E-state index contributed by atoms with van der Waals surface area (Å²) in [6, 6.07) is 0. The van der Waals surface area contributed by atoms with E-state index in [-0.39, 0.29) is 11.3 Å². The third kappa shape index (κ3) is 3.21. The molecule has 2 rings (SSSR count). The Hall–Kier alpha value is -0.570. The topological polar surface area (TPSA) is 41.1 Å². The Bertz CT molecular complexity index is 269. The number of carbonyl (C=O) groups excluding carboxylic acids is 1. The minimum absolute atomic E-state index is 0.207. The molecule has 17 heavy (non-hydrogen) atoms. The third-order valence-electron chi connectivity index (χ3n) is 4.60. The van der Waals surface area contributed by atoms with Crippen LogP contribution in [0.2, 0.25) is 0 Å².